The van der Waals surface area contributed by atoms with Crippen molar-refractivity contribution in [2.75, 3.05) is 56.5 Å². The van der Waals surface area contributed by atoms with Gasteiger partial charge in [0.1, 0.15) is 6.54 Å². The first-order chi connectivity index (χ1) is 21.4. The van der Waals surface area contributed by atoms with Crippen molar-refractivity contribution >= 4 is 34.8 Å². The van der Waals surface area contributed by atoms with Gasteiger partial charge in [0.05, 0.1) is 30.1 Å². The normalized spacial score (nSPS) is 20.2. The molecule has 13 heteroatoms. The Morgan fingerprint density at radius 2 is 1.80 bits per heavy atom. The van der Waals surface area contributed by atoms with E-state index in [1.54, 1.807) is 21.6 Å². The molecule has 226 valence electrons. The van der Waals surface area contributed by atoms with Crippen LogP contribution in [0.3, 0.4) is 0 Å². The number of amides is 2. The van der Waals surface area contributed by atoms with E-state index < -0.39 is 0 Å². The first-order valence-electron chi connectivity index (χ1n) is 15.1. The number of pyridine rings is 1. The Morgan fingerprint density at radius 3 is 2.52 bits per heavy atom. The highest BCUT2D eigenvalue weighted by Gasteiger charge is 2.43. The van der Waals surface area contributed by atoms with Crippen LogP contribution in [0.25, 0.3) is 5.65 Å². The highest BCUT2D eigenvalue weighted by Crippen LogP contribution is 2.35. The fourth-order valence-corrected chi connectivity index (χ4v) is 6.57. The summed E-state index contributed by atoms with van der Waals surface area (Å²) in [5.41, 5.74) is 4.00. The second kappa shape index (κ2) is 11.6. The van der Waals surface area contributed by atoms with Crippen LogP contribution in [0, 0.1) is 11.3 Å². The summed E-state index contributed by atoms with van der Waals surface area (Å²) >= 11 is 0. The van der Waals surface area contributed by atoms with Gasteiger partial charge in [-0.2, -0.15) is 15.3 Å². The van der Waals surface area contributed by atoms with Crippen LogP contribution in [0.2, 0.25) is 0 Å². The van der Waals surface area contributed by atoms with Crippen molar-refractivity contribution in [3.63, 3.8) is 0 Å². The van der Waals surface area contributed by atoms with Crippen molar-refractivity contribution in [1.82, 2.24) is 39.1 Å². The molecule has 7 rings (SSSR count). The summed E-state index contributed by atoms with van der Waals surface area (Å²) < 4.78 is 3.41. The minimum absolute atomic E-state index is 0.0543. The number of carbonyl (C=O) groups excluding carboxylic acids is 2. The number of anilines is 3. The number of carbonyl (C=O) groups is 2. The van der Waals surface area contributed by atoms with Crippen LogP contribution in [0.5, 0.6) is 0 Å². The molecule has 3 aliphatic heterocycles. The van der Waals surface area contributed by atoms with Crippen molar-refractivity contribution in [2.24, 2.45) is 0 Å². The number of nitriles is 1. The topological polar surface area (TPSA) is 131 Å². The van der Waals surface area contributed by atoms with Crippen LogP contribution in [-0.4, -0.2) is 109 Å². The van der Waals surface area contributed by atoms with E-state index in [4.69, 9.17) is 10.2 Å². The van der Waals surface area contributed by atoms with Crippen LogP contribution >= 0.6 is 0 Å². The number of rotatable bonds is 7. The van der Waals surface area contributed by atoms with Crippen molar-refractivity contribution in [3.8, 4) is 6.07 Å². The first kappa shape index (κ1) is 27.8. The number of aromatic nitrogens is 5. The molecule has 2 amide bonds. The monoisotopic (exact) mass is 593 g/mol. The Balaban J connectivity index is 1.02. The van der Waals surface area contributed by atoms with E-state index in [0.717, 1.165) is 69.0 Å². The lowest BCUT2D eigenvalue weighted by molar-refractivity contribution is -0.133. The summed E-state index contributed by atoms with van der Waals surface area (Å²) in [4.78, 5) is 39.5. The minimum Gasteiger partial charge on any atom is -0.364 e. The van der Waals surface area contributed by atoms with E-state index in [2.05, 4.69) is 49.4 Å². The number of benzene rings is 1. The van der Waals surface area contributed by atoms with Gasteiger partial charge in [-0.1, -0.05) is 12.1 Å². The largest absolute Gasteiger partial charge is 0.364 e. The maximum Gasteiger partial charge on any atom is 0.254 e. The Bertz CT molecular complexity index is 1700. The molecule has 4 aromatic rings. The maximum absolute atomic E-state index is 13.5. The molecule has 2 unspecified atom stereocenters. The fourth-order valence-electron chi connectivity index (χ4n) is 6.57. The number of fused-ring (bicyclic) bond motifs is 3. The van der Waals surface area contributed by atoms with Gasteiger partial charge >= 0.3 is 0 Å². The predicted octanol–water partition coefficient (Wildman–Crippen LogP) is 2.00. The van der Waals surface area contributed by atoms with E-state index in [1.807, 2.05) is 41.4 Å². The third kappa shape index (κ3) is 5.44. The average molecular weight is 594 g/mol. The summed E-state index contributed by atoms with van der Waals surface area (Å²) in [7, 11) is 2.07. The van der Waals surface area contributed by atoms with E-state index in [9.17, 15) is 9.59 Å². The van der Waals surface area contributed by atoms with Crippen LogP contribution in [-0.2, 0) is 17.8 Å². The Labute approximate surface area is 255 Å². The van der Waals surface area contributed by atoms with Gasteiger partial charge in [0, 0.05) is 69.3 Å². The first-order valence-corrected chi connectivity index (χ1v) is 15.1. The number of nitrogens with zero attached hydrogens (tertiary/aromatic N) is 10. The predicted molar refractivity (Wildman–Crippen MR) is 164 cm³/mol. The molecule has 0 aliphatic carbocycles. The molecular formula is C31H35N11O2. The third-order valence-electron chi connectivity index (χ3n) is 8.93. The zero-order valence-corrected chi connectivity index (χ0v) is 24.7. The summed E-state index contributed by atoms with van der Waals surface area (Å²) in [6, 6.07) is 13.8. The quantitative estimate of drug-likeness (QED) is 0.342. The van der Waals surface area contributed by atoms with Crippen molar-refractivity contribution in [3.05, 3.63) is 66.1 Å². The molecule has 0 radical (unpaired) electrons. The zero-order chi connectivity index (χ0) is 30.2. The van der Waals surface area contributed by atoms with E-state index in [0.29, 0.717) is 23.6 Å². The zero-order valence-electron chi connectivity index (χ0n) is 24.7. The van der Waals surface area contributed by atoms with Crippen LogP contribution in [0.1, 0.15) is 28.8 Å². The molecule has 1 aromatic carbocycles. The maximum atomic E-state index is 13.5. The minimum atomic E-state index is 0.0543. The Morgan fingerprint density at radius 1 is 1.05 bits per heavy atom. The molecule has 3 aliphatic rings. The van der Waals surface area contributed by atoms with Gasteiger partial charge in [-0.05, 0) is 49.7 Å². The Hall–Kier alpha value is -4.96. The molecular weight excluding hydrogens is 558 g/mol. The summed E-state index contributed by atoms with van der Waals surface area (Å²) in [6.45, 7) is 4.87. The highest BCUT2D eigenvalue weighted by atomic mass is 16.2. The van der Waals surface area contributed by atoms with Crippen LogP contribution < -0.4 is 10.2 Å². The average Bonchev–Trinajstić information content (AvgIpc) is 3.72. The van der Waals surface area contributed by atoms with Gasteiger partial charge < -0.3 is 24.9 Å². The third-order valence-corrected chi connectivity index (χ3v) is 8.93. The highest BCUT2D eigenvalue weighted by molar-refractivity contribution is 5.95. The lowest BCUT2D eigenvalue weighted by atomic mass is 10.1. The molecule has 3 aromatic heterocycles. The molecule has 1 N–H and O–H groups in total. The smallest absolute Gasteiger partial charge is 0.254 e. The van der Waals surface area contributed by atoms with E-state index in [1.165, 1.54) is 0 Å². The summed E-state index contributed by atoms with van der Waals surface area (Å²) in [6.07, 6.45) is 7.61. The molecule has 2 atom stereocenters. The number of hydrogen-bond acceptors (Lipinski definition) is 9. The van der Waals surface area contributed by atoms with E-state index >= 15 is 0 Å². The second-order valence-corrected chi connectivity index (χ2v) is 11.9. The molecule has 0 spiro atoms. The molecule has 3 saturated heterocycles. The number of piperazine rings is 2. The van der Waals surface area contributed by atoms with Crippen LogP contribution in [0.15, 0.2) is 55.0 Å². The standard InChI is InChI=1S/C31H35N11O2/c1-37-13-15-38(16-14-37)28(43)21-40-18-24(17-33-40)34-31-35-29-27(3-2-12-41(29)36-31)39-19-25-8-9-26(20-39)42(25)30(44)23-6-4-22(5-7-23)10-11-32/h2-7,12,17-18,25-26H,8-10,13-16,19-21H2,1H3,(H,34,36). The van der Waals surface area contributed by atoms with Gasteiger partial charge in [-0.3, -0.25) is 14.3 Å². The number of likely N-dealkylation sites (N-methyl/N-ethyl adjacent to an activating group) is 1. The van der Waals surface area contributed by atoms with Gasteiger partial charge in [0.25, 0.3) is 5.91 Å². The van der Waals surface area contributed by atoms with E-state index in [-0.39, 0.29) is 30.4 Å². The number of nitrogens with one attached hydrogen (secondary N) is 1. The lowest BCUT2D eigenvalue weighted by Gasteiger charge is -2.42. The number of hydrogen-bond donors (Lipinski definition) is 1. The van der Waals surface area contributed by atoms with Crippen LogP contribution in [0.4, 0.5) is 17.3 Å². The van der Waals surface area contributed by atoms with Gasteiger partial charge in [0.15, 0.2) is 5.65 Å². The van der Waals surface area contributed by atoms with Crippen molar-refractivity contribution in [2.45, 2.75) is 37.9 Å². The second-order valence-electron chi connectivity index (χ2n) is 11.9. The Kier molecular flexibility index (Phi) is 7.35. The molecule has 2 bridgehead atoms. The summed E-state index contributed by atoms with van der Waals surface area (Å²) in [5, 5.41) is 21.2. The van der Waals surface area contributed by atoms with Crippen molar-refractivity contribution < 1.29 is 9.59 Å². The summed E-state index contributed by atoms with van der Waals surface area (Å²) in [5.74, 6) is 0.560. The fraction of sp³-hybridized carbons (Fsp3) is 0.419. The lowest BCUT2D eigenvalue weighted by Crippen LogP contribution is -2.56. The van der Waals surface area contributed by atoms with Gasteiger partial charge in [0.2, 0.25) is 11.9 Å². The molecule has 44 heavy (non-hydrogen) atoms. The SMILES string of the molecule is CN1CCN(C(=O)Cn2cc(Nc3nc4c(N5CC6CCC(C5)N6C(=O)c5ccc(CC#N)cc5)cccn4n3)cn2)CC1. The van der Waals surface area contributed by atoms with Gasteiger partial charge in [-0.15, -0.1) is 5.10 Å². The van der Waals surface area contributed by atoms with Crippen molar-refractivity contribution in [1.29, 1.82) is 5.26 Å². The molecule has 13 nitrogen and oxygen atoms in total. The molecule has 0 saturated carbocycles. The molecule has 3 fully saturated rings. The molecule has 6 heterocycles. The van der Waals surface area contributed by atoms with Gasteiger partial charge in [-0.25, -0.2) is 4.52 Å².